The van der Waals surface area contributed by atoms with Crippen molar-refractivity contribution in [1.82, 2.24) is 0 Å². The van der Waals surface area contributed by atoms with Crippen LogP contribution in [0.1, 0.15) is 18.4 Å². The van der Waals surface area contributed by atoms with Crippen molar-refractivity contribution in [3.63, 3.8) is 0 Å². The van der Waals surface area contributed by atoms with Gasteiger partial charge >= 0.3 is 5.97 Å². The Morgan fingerprint density at radius 3 is 2.50 bits per heavy atom. The highest BCUT2D eigenvalue weighted by molar-refractivity contribution is 6.20. The fraction of sp³-hybridized carbons (Fsp3) is 0.231. The Morgan fingerprint density at radius 1 is 1.36 bits per heavy atom. The molecule has 9 heteroatoms. The lowest BCUT2D eigenvalue weighted by molar-refractivity contribution is -0.384. The van der Waals surface area contributed by atoms with Gasteiger partial charge in [0.2, 0.25) is 0 Å². The largest absolute Gasteiger partial charge is 0.478 e. The number of carbonyl (C=O) groups excluding carboxylic acids is 1. The lowest BCUT2D eigenvalue weighted by atomic mass is 10.0. The molecule has 9 nitrogen and oxygen atoms in total. The quantitative estimate of drug-likeness (QED) is 0.0902. The van der Waals surface area contributed by atoms with Crippen molar-refractivity contribution in [3.8, 4) is 0 Å². The first-order valence-electron chi connectivity index (χ1n) is 6.19. The predicted molar refractivity (Wildman–Crippen MR) is 77.0 cm³/mol. The number of rotatable bonds is 8. The molecule has 0 aliphatic rings. The first-order chi connectivity index (χ1) is 10.5. The molecule has 1 rings (SSSR count). The highest BCUT2D eigenvalue weighted by Crippen LogP contribution is 2.15. The molecule has 0 fully saturated rings. The number of nitrogens with zero attached hydrogens (tertiary/aromatic N) is 4. The Bertz CT molecular complexity index is 660. The number of nitro groups is 1. The van der Waals surface area contributed by atoms with Crippen LogP contribution in [0, 0.1) is 10.1 Å². The van der Waals surface area contributed by atoms with Crippen LogP contribution in [0.25, 0.3) is 16.5 Å². The summed E-state index contributed by atoms with van der Waals surface area (Å²) in [6.07, 6.45) is 1.33. The molecule has 0 heterocycles. The zero-order valence-electron chi connectivity index (χ0n) is 11.4. The summed E-state index contributed by atoms with van der Waals surface area (Å²) < 4.78 is 0. The smallest absolute Gasteiger partial charge is 0.339 e. The minimum atomic E-state index is -1.38. The van der Waals surface area contributed by atoms with Gasteiger partial charge in [-0.2, -0.15) is 0 Å². The Kier molecular flexibility index (Phi) is 6.27. The molecule has 0 amide bonds. The van der Waals surface area contributed by atoms with Crippen LogP contribution < -0.4 is 0 Å². The highest BCUT2D eigenvalue weighted by atomic mass is 16.6. The van der Waals surface area contributed by atoms with E-state index < -0.39 is 22.2 Å². The first kappa shape index (κ1) is 16.9. The zero-order valence-corrected chi connectivity index (χ0v) is 11.4. The van der Waals surface area contributed by atoms with Crippen LogP contribution in [-0.4, -0.2) is 28.3 Å². The number of nitro benzene ring substituents is 1. The van der Waals surface area contributed by atoms with E-state index in [-0.39, 0.29) is 25.1 Å². The van der Waals surface area contributed by atoms with Crippen LogP contribution >= 0.6 is 0 Å². The standard InChI is InChI=1S/C13H12N4O5/c14-16-15-7-1-2-12(18)11(13(19)20)8-9-3-5-10(6-4-9)17(21)22/h3-6,8H,1-2,7H2,(H,19,20)/b11-8+. The molecule has 1 aromatic carbocycles. The first-order valence-corrected chi connectivity index (χ1v) is 6.19. The number of non-ortho nitro benzene ring substituents is 1. The number of carboxylic acids is 1. The normalized spacial score (nSPS) is 10.6. The third-order valence-corrected chi connectivity index (χ3v) is 2.67. The number of hydrogen-bond acceptors (Lipinski definition) is 5. The van der Waals surface area contributed by atoms with E-state index >= 15 is 0 Å². The maximum atomic E-state index is 11.8. The molecule has 0 aliphatic carbocycles. The van der Waals surface area contributed by atoms with Crippen LogP contribution in [0.4, 0.5) is 5.69 Å². The van der Waals surface area contributed by atoms with E-state index in [9.17, 15) is 19.7 Å². The van der Waals surface area contributed by atoms with Gasteiger partial charge in [-0.05, 0) is 35.7 Å². The molecule has 1 N–H and O–H groups in total. The molecule has 0 saturated heterocycles. The van der Waals surface area contributed by atoms with E-state index in [1.165, 1.54) is 24.3 Å². The van der Waals surface area contributed by atoms with E-state index in [1.807, 2.05) is 0 Å². The van der Waals surface area contributed by atoms with Crippen LogP contribution in [0.2, 0.25) is 0 Å². The van der Waals surface area contributed by atoms with Gasteiger partial charge < -0.3 is 5.11 Å². The Hall–Kier alpha value is -3.19. The number of carboxylic acid groups (broad SMARTS) is 1. The van der Waals surface area contributed by atoms with Gasteiger partial charge in [0.25, 0.3) is 5.69 Å². The third kappa shape index (κ3) is 5.06. The van der Waals surface area contributed by atoms with E-state index in [0.29, 0.717) is 5.56 Å². The van der Waals surface area contributed by atoms with Crippen molar-refractivity contribution in [2.45, 2.75) is 12.8 Å². The minimum Gasteiger partial charge on any atom is -0.478 e. The van der Waals surface area contributed by atoms with E-state index in [1.54, 1.807) is 0 Å². The fourth-order valence-corrected chi connectivity index (χ4v) is 1.61. The van der Waals surface area contributed by atoms with Crippen LogP contribution in [0.15, 0.2) is 35.0 Å². The molecule has 0 radical (unpaired) electrons. The predicted octanol–water partition coefficient (Wildman–Crippen LogP) is 2.72. The molecule has 0 aliphatic heterocycles. The fourth-order valence-electron chi connectivity index (χ4n) is 1.61. The summed E-state index contributed by atoms with van der Waals surface area (Å²) in [5.41, 5.74) is 7.92. The summed E-state index contributed by atoms with van der Waals surface area (Å²) in [6.45, 7) is 0.104. The van der Waals surface area contributed by atoms with E-state index in [4.69, 9.17) is 10.6 Å². The topological polar surface area (TPSA) is 146 Å². The summed E-state index contributed by atoms with van der Waals surface area (Å²) in [5, 5.41) is 22.9. The molecule has 0 atom stereocenters. The number of aliphatic carboxylic acids is 1. The SMILES string of the molecule is [N-]=[N+]=NCCCC(=O)/C(=C\c1ccc([N+](=O)[O-])cc1)C(=O)O. The molecule has 0 bridgehead atoms. The molecule has 1 aromatic rings. The van der Waals surface area contributed by atoms with Crippen LogP contribution in [-0.2, 0) is 9.59 Å². The summed E-state index contributed by atoms with van der Waals surface area (Å²) in [6, 6.07) is 5.15. The van der Waals surface area contributed by atoms with Crippen molar-refractivity contribution in [1.29, 1.82) is 0 Å². The molecule has 22 heavy (non-hydrogen) atoms. The number of benzene rings is 1. The van der Waals surface area contributed by atoms with Crippen LogP contribution in [0.3, 0.4) is 0 Å². The van der Waals surface area contributed by atoms with Crippen molar-refractivity contribution in [2.24, 2.45) is 5.11 Å². The second-order valence-corrected chi connectivity index (χ2v) is 4.19. The molecule has 0 aromatic heterocycles. The maximum absolute atomic E-state index is 11.8. The average molecular weight is 304 g/mol. The second-order valence-electron chi connectivity index (χ2n) is 4.19. The van der Waals surface area contributed by atoms with Gasteiger partial charge in [0.15, 0.2) is 5.78 Å². The average Bonchev–Trinajstić information content (AvgIpc) is 2.49. The maximum Gasteiger partial charge on any atom is 0.339 e. The molecule has 0 spiro atoms. The van der Waals surface area contributed by atoms with Crippen molar-refractivity contribution in [3.05, 3.63) is 56.0 Å². The lowest BCUT2D eigenvalue weighted by Gasteiger charge is -2.01. The number of Topliss-reactive ketones (excluding diaryl/α,β-unsaturated/α-hetero) is 1. The summed E-state index contributed by atoms with van der Waals surface area (Å²) in [4.78, 5) is 35.4. The van der Waals surface area contributed by atoms with Gasteiger partial charge in [-0.1, -0.05) is 5.11 Å². The molecule has 0 unspecified atom stereocenters. The van der Waals surface area contributed by atoms with Gasteiger partial charge in [0.05, 0.1) is 4.92 Å². The monoisotopic (exact) mass is 304 g/mol. The zero-order chi connectivity index (χ0) is 16.5. The summed E-state index contributed by atoms with van der Waals surface area (Å²) in [5.74, 6) is -1.98. The Balaban J connectivity index is 2.89. The number of azide groups is 1. The number of hydrogen-bond donors (Lipinski definition) is 1. The molecular formula is C13H12N4O5. The molecule has 0 saturated carbocycles. The lowest BCUT2D eigenvalue weighted by Crippen LogP contribution is -2.12. The minimum absolute atomic E-state index is 0.0653. The van der Waals surface area contributed by atoms with Crippen molar-refractivity contribution >= 4 is 23.5 Å². The van der Waals surface area contributed by atoms with Crippen molar-refractivity contribution < 1.29 is 19.6 Å². The highest BCUT2D eigenvalue weighted by Gasteiger charge is 2.17. The van der Waals surface area contributed by atoms with Crippen molar-refractivity contribution in [2.75, 3.05) is 6.54 Å². The Morgan fingerprint density at radius 2 is 2.00 bits per heavy atom. The summed E-state index contributed by atoms with van der Waals surface area (Å²) in [7, 11) is 0. The third-order valence-electron chi connectivity index (χ3n) is 2.67. The molecule has 114 valence electrons. The Labute approximate surface area is 124 Å². The van der Waals surface area contributed by atoms with Crippen LogP contribution in [0.5, 0.6) is 0 Å². The van der Waals surface area contributed by atoms with Gasteiger partial charge in [0.1, 0.15) is 5.57 Å². The molecular weight excluding hydrogens is 292 g/mol. The van der Waals surface area contributed by atoms with Gasteiger partial charge in [0, 0.05) is 30.0 Å². The van der Waals surface area contributed by atoms with E-state index in [2.05, 4.69) is 10.0 Å². The van der Waals surface area contributed by atoms with Gasteiger partial charge in [-0.15, -0.1) is 0 Å². The second kappa shape index (κ2) is 8.18. The number of carbonyl (C=O) groups is 2. The number of ketones is 1. The van der Waals surface area contributed by atoms with Gasteiger partial charge in [-0.25, -0.2) is 4.79 Å². The summed E-state index contributed by atoms with van der Waals surface area (Å²) >= 11 is 0. The van der Waals surface area contributed by atoms with Gasteiger partial charge in [-0.3, -0.25) is 14.9 Å². The van der Waals surface area contributed by atoms with E-state index in [0.717, 1.165) is 6.08 Å².